The Morgan fingerprint density at radius 2 is 1.83 bits per heavy atom. The van der Waals surface area contributed by atoms with Gasteiger partial charge in [-0.05, 0) is 43.7 Å². The Labute approximate surface area is 199 Å². The van der Waals surface area contributed by atoms with Crippen LogP contribution in [-0.4, -0.2) is 58.4 Å². The number of aromatic nitrogens is 3. The molecule has 1 aromatic carbocycles. The summed E-state index contributed by atoms with van der Waals surface area (Å²) in [5, 5.41) is 11.1. The van der Waals surface area contributed by atoms with E-state index in [9.17, 15) is 35.1 Å². The Bertz CT molecular complexity index is 1190. The molecule has 0 saturated carbocycles. The molecule has 1 aliphatic rings. The number of nitrogens with zero attached hydrogens (tertiary/aromatic N) is 4. The van der Waals surface area contributed by atoms with Crippen LogP contribution in [0.25, 0.3) is 16.8 Å². The van der Waals surface area contributed by atoms with Crippen LogP contribution >= 0.6 is 0 Å². The first-order valence-electron chi connectivity index (χ1n) is 10.9. The molecule has 196 valence electrons. The standard InChI is InChI=1S/C22H21F8N5O/c23-19(24)36-10-9-34-7-1-3-14(12-34)31-20-33-32-18(17-4-2-8-35(17)20)15-6-5-13(21(25,26)27)11-16(15)22(28,29)30/h2,4-6,8,11,14,19H,1,3,7,9-10,12H2,(H,31,33)/t14-/m1/s1. The minimum Gasteiger partial charge on any atom is -0.350 e. The number of benzene rings is 1. The largest absolute Gasteiger partial charge is 0.417 e. The highest BCUT2D eigenvalue weighted by molar-refractivity contribution is 5.80. The molecule has 36 heavy (non-hydrogen) atoms. The SMILES string of the molecule is FC(F)OCCN1CCC[C@@H](Nc2nnc(-c3ccc(C(F)(F)F)cc3C(F)(F)F)c3cccn23)C1. The molecule has 0 bridgehead atoms. The predicted octanol–water partition coefficient (Wildman–Crippen LogP) is 5.55. The van der Waals surface area contributed by atoms with Gasteiger partial charge in [-0.25, -0.2) is 0 Å². The molecule has 2 aromatic heterocycles. The summed E-state index contributed by atoms with van der Waals surface area (Å²) in [4.78, 5) is 1.94. The lowest BCUT2D eigenvalue weighted by atomic mass is 10.00. The maximum Gasteiger partial charge on any atom is 0.417 e. The first-order valence-corrected chi connectivity index (χ1v) is 10.9. The van der Waals surface area contributed by atoms with Crippen molar-refractivity contribution in [3.63, 3.8) is 0 Å². The van der Waals surface area contributed by atoms with Gasteiger partial charge in [-0.3, -0.25) is 9.30 Å². The molecule has 3 heterocycles. The molecule has 3 aromatic rings. The van der Waals surface area contributed by atoms with Crippen molar-refractivity contribution in [2.45, 2.75) is 37.8 Å². The molecule has 0 spiro atoms. The summed E-state index contributed by atoms with van der Waals surface area (Å²) in [6, 6.07) is 4.29. The van der Waals surface area contributed by atoms with Crippen molar-refractivity contribution in [2.24, 2.45) is 0 Å². The second-order valence-corrected chi connectivity index (χ2v) is 8.31. The van der Waals surface area contributed by atoms with E-state index >= 15 is 0 Å². The summed E-state index contributed by atoms with van der Waals surface area (Å²) in [6.07, 6.45) is -6.95. The summed E-state index contributed by atoms with van der Waals surface area (Å²) in [5.41, 5.74) is -3.42. The summed E-state index contributed by atoms with van der Waals surface area (Å²) in [7, 11) is 0. The van der Waals surface area contributed by atoms with Crippen LogP contribution in [0.15, 0.2) is 36.5 Å². The zero-order valence-electron chi connectivity index (χ0n) is 18.6. The lowest BCUT2D eigenvalue weighted by molar-refractivity contribution is -0.142. The van der Waals surface area contributed by atoms with Gasteiger partial charge in [-0.15, -0.1) is 10.2 Å². The number of alkyl halides is 8. The Kier molecular flexibility index (Phi) is 7.36. The molecular weight excluding hydrogens is 502 g/mol. The van der Waals surface area contributed by atoms with Crippen molar-refractivity contribution in [1.82, 2.24) is 19.5 Å². The quantitative estimate of drug-likeness (QED) is 0.412. The molecule has 1 saturated heterocycles. The van der Waals surface area contributed by atoms with E-state index in [4.69, 9.17) is 0 Å². The van der Waals surface area contributed by atoms with E-state index in [2.05, 4.69) is 20.3 Å². The molecule has 1 N–H and O–H groups in total. The zero-order valence-corrected chi connectivity index (χ0v) is 18.6. The molecule has 1 atom stereocenters. The van der Waals surface area contributed by atoms with Crippen molar-refractivity contribution in [3.8, 4) is 11.3 Å². The van der Waals surface area contributed by atoms with Crippen molar-refractivity contribution >= 4 is 11.5 Å². The third-order valence-corrected chi connectivity index (χ3v) is 5.86. The number of rotatable bonds is 7. The van der Waals surface area contributed by atoms with Crippen LogP contribution < -0.4 is 5.32 Å². The number of nitrogens with one attached hydrogen (secondary N) is 1. The number of anilines is 1. The number of hydrogen-bond acceptors (Lipinski definition) is 5. The van der Waals surface area contributed by atoms with Gasteiger partial charge in [-0.1, -0.05) is 6.07 Å². The van der Waals surface area contributed by atoms with Gasteiger partial charge >= 0.3 is 19.0 Å². The topological polar surface area (TPSA) is 54.7 Å². The molecule has 4 rings (SSSR count). The van der Waals surface area contributed by atoms with Gasteiger partial charge in [0.2, 0.25) is 5.95 Å². The highest BCUT2D eigenvalue weighted by Gasteiger charge is 2.39. The minimum atomic E-state index is -5.06. The lowest BCUT2D eigenvalue weighted by Crippen LogP contribution is -2.43. The first kappa shape index (κ1) is 26.1. The molecule has 1 aliphatic heterocycles. The van der Waals surface area contributed by atoms with Gasteiger partial charge < -0.3 is 10.1 Å². The molecule has 0 radical (unpaired) electrons. The Morgan fingerprint density at radius 1 is 1.06 bits per heavy atom. The number of hydrogen-bond donors (Lipinski definition) is 1. The van der Waals surface area contributed by atoms with E-state index < -0.39 is 35.7 Å². The Hall–Kier alpha value is -3.00. The lowest BCUT2D eigenvalue weighted by Gasteiger charge is -2.33. The van der Waals surface area contributed by atoms with Crippen LogP contribution in [0.5, 0.6) is 0 Å². The zero-order chi connectivity index (χ0) is 26.1. The van der Waals surface area contributed by atoms with Crippen molar-refractivity contribution < 1.29 is 39.9 Å². The van der Waals surface area contributed by atoms with Gasteiger partial charge in [-0.2, -0.15) is 35.1 Å². The fourth-order valence-corrected chi connectivity index (χ4v) is 4.24. The van der Waals surface area contributed by atoms with Crippen molar-refractivity contribution in [3.05, 3.63) is 47.7 Å². The Morgan fingerprint density at radius 3 is 2.53 bits per heavy atom. The second kappa shape index (κ2) is 10.2. The van der Waals surface area contributed by atoms with Crippen LogP contribution in [-0.2, 0) is 17.1 Å². The van der Waals surface area contributed by atoms with Crippen LogP contribution in [0.3, 0.4) is 0 Å². The fourth-order valence-electron chi connectivity index (χ4n) is 4.24. The maximum absolute atomic E-state index is 13.7. The monoisotopic (exact) mass is 523 g/mol. The van der Waals surface area contributed by atoms with Crippen LogP contribution in [0.4, 0.5) is 41.1 Å². The number of halogens is 8. The van der Waals surface area contributed by atoms with Gasteiger partial charge in [0, 0.05) is 30.9 Å². The average Bonchev–Trinajstić information content (AvgIpc) is 3.28. The van der Waals surface area contributed by atoms with Crippen molar-refractivity contribution in [2.75, 3.05) is 31.6 Å². The Balaban J connectivity index is 1.61. The number of ether oxygens (including phenoxy) is 1. The predicted molar refractivity (Wildman–Crippen MR) is 113 cm³/mol. The maximum atomic E-state index is 13.7. The normalized spacial score (nSPS) is 17.8. The van der Waals surface area contributed by atoms with E-state index in [1.54, 1.807) is 12.3 Å². The third-order valence-electron chi connectivity index (χ3n) is 5.86. The van der Waals surface area contributed by atoms with E-state index in [1.165, 1.54) is 10.5 Å². The first-order chi connectivity index (χ1) is 16.9. The molecule has 6 nitrogen and oxygen atoms in total. The van der Waals surface area contributed by atoms with Gasteiger partial charge in [0.05, 0.1) is 23.3 Å². The summed E-state index contributed by atoms with van der Waals surface area (Å²) in [5.74, 6) is 0.231. The highest BCUT2D eigenvalue weighted by Crippen LogP contribution is 2.41. The van der Waals surface area contributed by atoms with Crippen LogP contribution in [0, 0.1) is 0 Å². The molecule has 0 unspecified atom stereocenters. The number of fused-ring (bicyclic) bond motifs is 1. The van der Waals surface area contributed by atoms with E-state index in [0.29, 0.717) is 25.7 Å². The summed E-state index contributed by atoms with van der Waals surface area (Å²) < 4.78 is 110. The summed E-state index contributed by atoms with van der Waals surface area (Å²) in [6.45, 7) is -1.48. The molecule has 14 heteroatoms. The molecular formula is C22H21F8N5O. The molecule has 0 amide bonds. The minimum absolute atomic E-state index is 0.0665. The smallest absolute Gasteiger partial charge is 0.350 e. The number of likely N-dealkylation sites (tertiary alicyclic amines) is 1. The van der Waals surface area contributed by atoms with Crippen molar-refractivity contribution in [1.29, 1.82) is 0 Å². The summed E-state index contributed by atoms with van der Waals surface area (Å²) >= 11 is 0. The van der Waals surface area contributed by atoms with E-state index in [-0.39, 0.29) is 35.9 Å². The van der Waals surface area contributed by atoms with E-state index in [0.717, 1.165) is 18.9 Å². The third kappa shape index (κ3) is 5.86. The van der Waals surface area contributed by atoms with Gasteiger partial charge in [0.15, 0.2) is 0 Å². The highest BCUT2D eigenvalue weighted by atomic mass is 19.4. The van der Waals surface area contributed by atoms with Gasteiger partial charge in [0.1, 0.15) is 5.69 Å². The van der Waals surface area contributed by atoms with Crippen LogP contribution in [0.2, 0.25) is 0 Å². The average molecular weight is 523 g/mol. The van der Waals surface area contributed by atoms with Gasteiger partial charge in [0.25, 0.3) is 0 Å². The fraction of sp³-hybridized carbons (Fsp3) is 0.455. The second-order valence-electron chi connectivity index (χ2n) is 8.31. The number of piperidine rings is 1. The molecule has 0 aliphatic carbocycles. The van der Waals surface area contributed by atoms with E-state index in [1.807, 2.05) is 4.90 Å². The molecule has 1 fully saturated rings. The van der Waals surface area contributed by atoms with Crippen LogP contribution in [0.1, 0.15) is 24.0 Å².